The SMILES string of the molecule is CC(C)(C)C#Cc1ncccc1C=O. The van der Waals surface area contributed by atoms with Crippen molar-refractivity contribution in [3.05, 3.63) is 29.6 Å². The van der Waals surface area contributed by atoms with E-state index >= 15 is 0 Å². The fraction of sp³-hybridized carbons (Fsp3) is 0.333. The maximum atomic E-state index is 10.6. The van der Waals surface area contributed by atoms with Crippen LogP contribution in [0.3, 0.4) is 0 Å². The quantitative estimate of drug-likeness (QED) is 0.498. The summed E-state index contributed by atoms with van der Waals surface area (Å²) in [6.07, 6.45) is 2.42. The second-order valence-corrected chi connectivity index (χ2v) is 4.06. The molecule has 0 bridgehead atoms. The van der Waals surface area contributed by atoms with Crippen LogP contribution in [-0.2, 0) is 0 Å². The number of hydrogen-bond acceptors (Lipinski definition) is 2. The van der Waals surface area contributed by atoms with E-state index in [2.05, 4.69) is 16.8 Å². The highest BCUT2D eigenvalue weighted by molar-refractivity contribution is 5.78. The highest BCUT2D eigenvalue weighted by Gasteiger charge is 2.04. The van der Waals surface area contributed by atoms with Gasteiger partial charge in [-0.1, -0.05) is 5.92 Å². The number of hydrogen-bond donors (Lipinski definition) is 0. The minimum absolute atomic E-state index is 0.0718. The molecule has 1 heterocycles. The molecule has 0 N–H and O–H groups in total. The van der Waals surface area contributed by atoms with Crippen LogP contribution in [0.25, 0.3) is 0 Å². The summed E-state index contributed by atoms with van der Waals surface area (Å²) in [7, 11) is 0. The topological polar surface area (TPSA) is 30.0 Å². The Morgan fingerprint density at radius 1 is 1.43 bits per heavy atom. The summed E-state index contributed by atoms with van der Waals surface area (Å²) in [5.41, 5.74) is 1.03. The van der Waals surface area contributed by atoms with Crippen LogP contribution in [0.4, 0.5) is 0 Å². The molecule has 72 valence electrons. The lowest BCUT2D eigenvalue weighted by molar-refractivity contribution is 0.112. The van der Waals surface area contributed by atoms with Gasteiger partial charge in [-0.15, -0.1) is 0 Å². The van der Waals surface area contributed by atoms with E-state index in [9.17, 15) is 4.79 Å². The first-order valence-corrected chi connectivity index (χ1v) is 4.46. The molecule has 2 heteroatoms. The van der Waals surface area contributed by atoms with Crippen LogP contribution in [0.2, 0.25) is 0 Å². The molecule has 0 aromatic carbocycles. The highest BCUT2D eigenvalue weighted by Crippen LogP contribution is 2.11. The Balaban J connectivity index is 3.06. The van der Waals surface area contributed by atoms with Crippen LogP contribution >= 0.6 is 0 Å². The summed E-state index contributed by atoms with van der Waals surface area (Å²) < 4.78 is 0. The van der Waals surface area contributed by atoms with Crippen molar-refractivity contribution in [2.75, 3.05) is 0 Å². The molecular formula is C12H13NO. The lowest BCUT2D eigenvalue weighted by Crippen LogP contribution is -2.00. The fourth-order valence-electron chi connectivity index (χ4n) is 0.864. The monoisotopic (exact) mass is 187 g/mol. The van der Waals surface area contributed by atoms with Crippen molar-refractivity contribution in [1.82, 2.24) is 4.98 Å². The summed E-state index contributed by atoms with van der Waals surface area (Å²) in [5, 5.41) is 0. The third-order valence-corrected chi connectivity index (χ3v) is 1.52. The predicted octanol–water partition coefficient (Wildman–Crippen LogP) is 2.29. The molecule has 0 atom stereocenters. The second-order valence-electron chi connectivity index (χ2n) is 4.06. The number of aldehydes is 1. The molecule has 0 aliphatic rings. The van der Waals surface area contributed by atoms with Crippen molar-refractivity contribution < 1.29 is 4.79 Å². The average Bonchev–Trinajstić information content (AvgIpc) is 2.14. The van der Waals surface area contributed by atoms with Crippen LogP contribution in [-0.4, -0.2) is 11.3 Å². The van der Waals surface area contributed by atoms with Gasteiger partial charge in [-0.05, 0) is 38.8 Å². The van der Waals surface area contributed by atoms with Crippen LogP contribution in [0.15, 0.2) is 18.3 Å². The number of nitrogens with zero attached hydrogens (tertiary/aromatic N) is 1. The molecule has 0 unspecified atom stereocenters. The van der Waals surface area contributed by atoms with E-state index in [4.69, 9.17) is 0 Å². The van der Waals surface area contributed by atoms with Gasteiger partial charge in [0.15, 0.2) is 6.29 Å². The van der Waals surface area contributed by atoms with E-state index in [0.29, 0.717) is 11.3 Å². The molecule has 0 saturated heterocycles. The summed E-state index contributed by atoms with van der Waals surface area (Å²) >= 11 is 0. The Hall–Kier alpha value is -1.62. The Morgan fingerprint density at radius 2 is 2.14 bits per heavy atom. The zero-order valence-electron chi connectivity index (χ0n) is 8.66. The number of rotatable bonds is 1. The Morgan fingerprint density at radius 3 is 2.71 bits per heavy atom. The Bertz CT molecular complexity index is 391. The van der Waals surface area contributed by atoms with E-state index in [-0.39, 0.29) is 5.41 Å². The fourth-order valence-corrected chi connectivity index (χ4v) is 0.864. The number of carbonyl (C=O) groups is 1. The normalized spacial score (nSPS) is 10.2. The first-order chi connectivity index (χ1) is 6.53. The number of aromatic nitrogens is 1. The van der Waals surface area contributed by atoms with Gasteiger partial charge in [0.05, 0.1) is 0 Å². The zero-order valence-corrected chi connectivity index (χ0v) is 8.66. The molecule has 0 saturated carbocycles. The second kappa shape index (κ2) is 4.06. The van der Waals surface area contributed by atoms with Crippen molar-refractivity contribution in [3.63, 3.8) is 0 Å². The predicted molar refractivity (Wildman–Crippen MR) is 56.0 cm³/mol. The Labute approximate surface area is 84.4 Å². The smallest absolute Gasteiger partial charge is 0.152 e. The third-order valence-electron chi connectivity index (χ3n) is 1.52. The average molecular weight is 187 g/mol. The standard InChI is InChI=1S/C12H13NO/c1-12(2,3)7-6-11-10(9-14)5-4-8-13-11/h4-5,8-9H,1-3H3. The maximum Gasteiger partial charge on any atom is 0.152 e. The van der Waals surface area contributed by atoms with Crippen molar-refractivity contribution in [3.8, 4) is 11.8 Å². The molecule has 0 amide bonds. The summed E-state index contributed by atoms with van der Waals surface area (Å²) in [4.78, 5) is 14.7. The van der Waals surface area contributed by atoms with Crippen LogP contribution in [0.1, 0.15) is 36.8 Å². The van der Waals surface area contributed by atoms with Crippen LogP contribution in [0, 0.1) is 17.3 Å². The lowest BCUT2D eigenvalue weighted by Gasteiger charge is -2.06. The van der Waals surface area contributed by atoms with E-state index in [1.54, 1.807) is 18.3 Å². The minimum Gasteiger partial charge on any atom is -0.298 e. The van der Waals surface area contributed by atoms with Crippen molar-refractivity contribution in [1.29, 1.82) is 0 Å². The minimum atomic E-state index is -0.0718. The molecule has 0 spiro atoms. The molecular weight excluding hydrogens is 174 g/mol. The van der Waals surface area contributed by atoms with Crippen LogP contribution < -0.4 is 0 Å². The molecule has 1 aromatic heterocycles. The molecule has 0 fully saturated rings. The summed E-state index contributed by atoms with van der Waals surface area (Å²) in [5.74, 6) is 5.95. The molecule has 1 rings (SSSR count). The zero-order chi connectivity index (χ0) is 10.6. The van der Waals surface area contributed by atoms with Gasteiger partial charge in [0, 0.05) is 17.2 Å². The lowest BCUT2D eigenvalue weighted by atomic mass is 9.97. The van der Waals surface area contributed by atoms with Crippen molar-refractivity contribution in [2.45, 2.75) is 20.8 Å². The first kappa shape index (κ1) is 10.5. The first-order valence-electron chi connectivity index (χ1n) is 4.46. The van der Waals surface area contributed by atoms with Crippen molar-refractivity contribution in [2.24, 2.45) is 5.41 Å². The van der Waals surface area contributed by atoms with Gasteiger partial charge in [0.25, 0.3) is 0 Å². The molecule has 1 aromatic rings. The van der Waals surface area contributed by atoms with E-state index < -0.39 is 0 Å². The molecule has 14 heavy (non-hydrogen) atoms. The van der Waals surface area contributed by atoms with Gasteiger partial charge in [0.1, 0.15) is 5.69 Å². The molecule has 2 nitrogen and oxygen atoms in total. The van der Waals surface area contributed by atoms with Crippen LogP contribution in [0.5, 0.6) is 0 Å². The van der Waals surface area contributed by atoms with E-state index in [1.165, 1.54) is 0 Å². The molecule has 0 radical (unpaired) electrons. The summed E-state index contributed by atoms with van der Waals surface area (Å²) in [6.45, 7) is 6.05. The van der Waals surface area contributed by atoms with E-state index in [0.717, 1.165) is 6.29 Å². The molecule has 0 aliphatic carbocycles. The summed E-state index contributed by atoms with van der Waals surface area (Å²) in [6, 6.07) is 3.44. The van der Waals surface area contributed by atoms with Gasteiger partial charge < -0.3 is 0 Å². The van der Waals surface area contributed by atoms with E-state index in [1.807, 2.05) is 20.8 Å². The van der Waals surface area contributed by atoms with Gasteiger partial charge in [-0.3, -0.25) is 4.79 Å². The van der Waals surface area contributed by atoms with Gasteiger partial charge in [0.2, 0.25) is 0 Å². The van der Waals surface area contributed by atoms with Gasteiger partial charge in [-0.2, -0.15) is 0 Å². The largest absolute Gasteiger partial charge is 0.298 e. The Kier molecular flexibility index (Phi) is 3.03. The highest BCUT2D eigenvalue weighted by atomic mass is 16.1. The maximum absolute atomic E-state index is 10.6. The third kappa shape index (κ3) is 3.02. The van der Waals surface area contributed by atoms with Crippen molar-refractivity contribution >= 4 is 6.29 Å². The van der Waals surface area contributed by atoms with Gasteiger partial charge in [-0.25, -0.2) is 4.98 Å². The van der Waals surface area contributed by atoms with Gasteiger partial charge >= 0.3 is 0 Å². The number of carbonyl (C=O) groups excluding carboxylic acids is 1. The number of pyridine rings is 1. The molecule has 0 aliphatic heterocycles.